The Morgan fingerprint density at radius 2 is 1.53 bits per heavy atom. The van der Waals surface area contributed by atoms with E-state index in [-0.39, 0.29) is 5.54 Å². The molecule has 15 heavy (non-hydrogen) atoms. The zero-order chi connectivity index (χ0) is 11.6. The Labute approximate surface area is 96.0 Å². The summed E-state index contributed by atoms with van der Waals surface area (Å²) in [6.07, 6.45) is 14.9. The first-order valence-corrected chi connectivity index (χ1v) is 6.35. The van der Waals surface area contributed by atoms with Crippen LogP contribution in [0.15, 0.2) is 0 Å². The second kappa shape index (κ2) is 8.80. The normalized spacial score (nSPS) is 11.3. The van der Waals surface area contributed by atoms with Gasteiger partial charge < -0.3 is 5.32 Å². The highest BCUT2D eigenvalue weighted by molar-refractivity contribution is 5.07. The lowest BCUT2D eigenvalue weighted by Crippen LogP contribution is -2.38. The summed E-state index contributed by atoms with van der Waals surface area (Å²) in [6.45, 7) is 7.40. The molecule has 1 N–H and O–H groups in total. The van der Waals surface area contributed by atoms with Crippen molar-refractivity contribution >= 4 is 0 Å². The molecule has 0 spiro atoms. The van der Waals surface area contributed by atoms with Crippen LogP contribution >= 0.6 is 0 Å². The first-order valence-electron chi connectivity index (χ1n) is 6.35. The van der Waals surface area contributed by atoms with Crippen molar-refractivity contribution in [2.24, 2.45) is 0 Å². The third kappa shape index (κ3) is 9.82. The molecule has 1 heteroatoms. The van der Waals surface area contributed by atoms with E-state index in [4.69, 9.17) is 6.42 Å². The lowest BCUT2D eigenvalue weighted by Gasteiger charge is -2.19. The van der Waals surface area contributed by atoms with Crippen LogP contribution < -0.4 is 5.32 Å². The van der Waals surface area contributed by atoms with Gasteiger partial charge in [0.2, 0.25) is 0 Å². The molecule has 0 aromatic carbocycles. The van der Waals surface area contributed by atoms with Gasteiger partial charge in [-0.1, -0.05) is 51.4 Å². The summed E-state index contributed by atoms with van der Waals surface area (Å²) in [5, 5.41) is 3.37. The summed E-state index contributed by atoms with van der Waals surface area (Å²) in [5.74, 6) is 2.75. The zero-order valence-corrected chi connectivity index (χ0v) is 10.7. The van der Waals surface area contributed by atoms with Crippen LogP contribution in [0.25, 0.3) is 0 Å². The molecule has 0 aromatic rings. The van der Waals surface area contributed by atoms with E-state index in [0.717, 1.165) is 6.54 Å². The van der Waals surface area contributed by atoms with Crippen LogP contribution in [-0.4, -0.2) is 12.1 Å². The monoisotopic (exact) mass is 209 g/mol. The van der Waals surface area contributed by atoms with Crippen LogP contribution in [0.2, 0.25) is 0 Å². The highest BCUT2D eigenvalue weighted by Gasteiger charge is 2.10. The van der Waals surface area contributed by atoms with E-state index in [1.807, 2.05) is 13.8 Å². The first-order chi connectivity index (χ1) is 7.12. The minimum absolute atomic E-state index is 0.137. The van der Waals surface area contributed by atoms with Crippen LogP contribution in [0, 0.1) is 12.3 Å². The molecule has 1 nitrogen and oxygen atoms in total. The van der Waals surface area contributed by atoms with Gasteiger partial charge in [-0.15, -0.1) is 6.42 Å². The minimum atomic E-state index is -0.137. The van der Waals surface area contributed by atoms with Crippen LogP contribution in [-0.2, 0) is 0 Å². The molecule has 0 aliphatic heterocycles. The van der Waals surface area contributed by atoms with E-state index in [2.05, 4.69) is 18.2 Å². The molecule has 0 radical (unpaired) electrons. The summed E-state index contributed by atoms with van der Waals surface area (Å²) in [6, 6.07) is 0. The summed E-state index contributed by atoms with van der Waals surface area (Å²) >= 11 is 0. The fourth-order valence-corrected chi connectivity index (χ4v) is 1.53. The molecule has 0 heterocycles. The predicted molar refractivity (Wildman–Crippen MR) is 68.9 cm³/mol. The van der Waals surface area contributed by atoms with E-state index >= 15 is 0 Å². The predicted octanol–water partition coefficient (Wildman–Crippen LogP) is 3.74. The Morgan fingerprint density at radius 3 is 2.07 bits per heavy atom. The van der Waals surface area contributed by atoms with Crippen molar-refractivity contribution in [1.82, 2.24) is 5.32 Å². The molecule has 0 saturated carbocycles. The molecule has 0 rings (SSSR count). The Hall–Kier alpha value is -0.480. The third-order valence-electron chi connectivity index (χ3n) is 2.71. The molecule has 0 atom stereocenters. The van der Waals surface area contributed by atoms with Crippen molar-refractivity contribution < 1.29 is 0 Å². The fraction of sp³-hybridized carbons (Fsp3) is 0.857. The van der Waals surface area contributed by atoms with Crippen molar-refractivity contribution in [2.45, 2.75) is 71.3 Å². The Balaban J connectivity index is 3.16. The number of rotatable bonds is 9. The quantitative estimate of drug-likeness (QED) is 0.450. The Kier molecular flexibility index (Phi) is 8.52. The number of nitrogens with one attached hydrogen (secondary N) is 1. The van der Waals surface area contributed by atoms with Gasteiger partial charge in [0.25, 0.3) is 0 Å². The molecular weight excluding hydrogens is 182 g/mol. The average molecular weight is 209 g/mol. The second-order valence-corrected chi connectivity index (χ2v) is 4.82. The summed E-state index contributed by atoms with van der Waals surface area (Å²) < 4.78 is 0. The maximum absolute atomic E-state index is 5.39. The van der Waals surface area contributed by atoms with Gasteiger partial charge >= 0.3 is 0 Å². The molecular formula is C14H27N. The van der Waals surface area contributed by atoms with Gasteiger partial charge in [-0.3, -0.25) is 0 Å². The van der Waals surface area contributed by atoms with Gasteiger partial charge in [-0.2, -0.15) is 0 Å². The standard InChI is InChI=1S/C14H27N/c1-5-7-8-9-10-11-12-13-15-14(3,4)6-2/h2,15H,5,7-13H2,1,3-4H3. The first kappa shape index (κ1) is 14.5. The molecule has 0 aliphatic carbocycles. The van der Waals surface area contributed by atoms with Crippen molar-refractivity contribution in [3.63, 3.8) is 0 Å². The van der Waals surface area contributed by atoms with Gasteiger partial charge in [0.1, 0.15) is 0 Å². The lowest BCUT2D eigenvalue weighted by atomic mass is 10.1. The van der Waals surface area contributed by atoms with Crippen molar-refractivity contribution in [2.75, 3.05) is 6.54 Å². The van der Waals surface area contributed by atoms with E-state index in [1.54, 1.807) is 0 Å². The maximum atomic E-state index is 5.39. The topological polar surface area (TPSA) is 12.0 Å². The summed E-state index contributed by atoms with van der Waals surface area (Å²) in [5.41, 5.74) is -0.137. The average Bonchev–Trinajstić information content (AvgIpc) is 2.22. The van der Waals surface area contributed by atoms with Gasteiger partial charge in [-0.05, 0) is 26.8 Å². The largest absolute Gasteiger partial charge is 0.302 e. The number of terminal acetylenes is 1. The SMILES string of the molecule is C#CC(C)(C)NCCCCCCCCC. The molecule has 88 valence electrons. The Morgan fingerprint density at radius 1 is 1.00 bits per heavy atom. The smallest absolute Gasteiger partial charge is 0.0741 e. The second-order valence-electron chi connectivity index (χ2n) is 4.82. The third-order valence-corrected chi connectivity index (χ3v) is 2.71. The zero-order valence-electron chi connectivity index (χ0n) is 10.7. The van der Waals surface area contributed by atoms with Crippen molar-refractivity contribution in [3.05, 3.63) is 0 Å². The van der Waals surface area contributed by atoms with E-state index in [9.17, 15) is 0 Å². The molecule has 0 aliphatic rings. The molecule has 0 saturated heterocycles. The minimum Gasteiger partial charge on any atom is -0.302 e. The van der Waals surface area contributed by atoms with E-state index in [0.29, 0.717) is 0 Å². The molecule has 0 bridgehead atoms. The molecule has 0 amide bonds. The highest BCUT2D eigenvalue weighted by atomic mass is 14.9. The fourth-order valence-electron chi connectivity index (χ4n) is 1.53. The van der Waals surface area contributed by atoms with Crippen molar-refractivity contribution in [3.8, 4) is 12.3 Å². The van der Waals surface area contributed by atoms with Gasteiger partial charge in [0.15, 0.2) is 0 Å². The number of hydrogen-bond donors (Lipinski definition) is 1. The number of unbranched alkanes of at least 4 members (excludes halogenated alkanes) is 6. The van der Waals surface area contributed by atoms with Gasteiger partial charge in [-0.25, -0.2) is 0 Å². The lowest BCUT2D eigenvalue weighted by molar-refractivity contribution is 0.470. The highest BCUT2D eigenvalue weighted by Crippen LogP contribution is 2.07. The van der Waals surface area contributed by atoms with Gasteiger partial charge in [0, 0.05) is 0 Å². The number of hydrogen-bond acceptors (Lipinski definition) is 1. The molecule has 0 aromatic heterocycles. The van der Waals surface area contributed by atoms with Crippen molar-refractivity contribution in [1.29, 1.82) is 0 Å². The summed E-state index contributed by atoms with van der Waals surface area (Å²) in [7, 11) is 0. The molecule has 0 unspecified atom stereocenters. The Bertz CT molecular complexity index is 176. The van der Waals surface area contributed by atoms with Crippen LogP contribution in [0.5, 0.6) is 0 Å². The van der Waals surface area contributed by atoms with E-state index < -0.39 is 0 Å². The summed E-state index contributed by atoms with van der Waals surface area (Å²) in [4.78, 5) is 0. The van der Waals surface area contributed by atoms with Crippen LogP contribution in [0.1, 0.15) is 65.7 Å². The van der Waals surface area contributed by atoms with E-state index in [1.165, 1.54) is 44.9 Å². The maximum Gasteiger partial charge on any atom is 0.0741 e. The van der Waals surface area contributed by atoms with Gasteiger partial charge in [0.05, 0.1) is 5.54 Å². The van der Waals surface area contributed by atoms with Crippen LogP contribution in [0.3, 0.4) is 0 Å². The molecule has 0 fully saturated rings. The van der Waals surface area contributed by atoms with Crippen LogP contribution in [0.4, 0.5) is 0 Å².